The van der Waals surface area contributed by atoms with E-state index >= 15 is 0 Å². The quantitative estimate of drug-likeness (QED) is 0.831. The van der Waals surface area contributed by atoms with E-state index in [0.29, 0.717) is 17.8 Å². The molecule has 3 N–H and O–H groups in total. The molecule has 0 fully saturated rings. The van der Waals surface area contributed by atoms with Gasteiger partial charge in [0.25, 0.3) is 5.91 Å². The third-order valence-electron chi connectivity index (χ3n) is 3.55. The number of nitrogens with one attached hydrogen (secondary N) is 1. The highest BCUT2D eigenvalue weighted by Crippen LogP contribution is 2.22. The van der Waals surface area contributed by atoms with Crippen LogP contribution in [-0.4, -0.2) is 29.8 Å². The minimum absolute atomic E-state index is 0.143. The van der Waals surface area contributed by atoms with Crippen LogP contribution in [0, 0.1) is 6.92 Å². The van der Waals surface area contributed by atoms with E-state index in [0.717, 1.165) is 16.9 Å². The Morgan fingerprint density at radius 2 is 2.14 bits per heavy atom. The molecule has 2 rings (SSSR count). The predicted molar refractivity (Wildman–Crippen MR) is 84.3 cm³/mol. The van der Waals surface area contributed by atoms with E-state index in [1.165, 1.54) is 0 Å². The number of rotatable bonds is 4. The maximum Gasteiger partial charge on any atom is 0.251 e. The molecule has 0 unspecified atom stereocenters. The number of amides is 1. The Hall–Kier alpha value is -2.50. The lowest BCUT2D eigenvalue weighted by Gasteiger charge is -2.15. The third kappa shape index (κ3) is 3.16. The SMILES string of the molecule is Cc1c(CNC(=O)c2ccc(N(C)C)c(N)c2)cnn1C. The first-order valence-electron chi connectivity index (χ1n) is 6.72. The number of nitrogens with two attached hydrogens (primary N) is 1. The Bertz CT molecular complexity index is 660. The van der Waals surface area contributed by atoms with Gasteiger partial charge >= 0.3 is 0 Å². The van der Waals surface area contributed by atoms with E-state index in [1.807, 2.05) is 39.0 Å². The number of benzene rings is 1. The van der Waals surface area contributed by atoms with Crippen molar-refractivity contribution >= 4 is 17.3 Å². The molecule has 0 radical (unpaired) electrons. The lowest BCUT2D eigenvalue weighted by molar-refractivity contribution is 0.0951. The molecule has 1 aromatic heterocycles. The highest BCUT2D eigenvalue weighted by Gasteiger charge is 2.10. The van der Waals surface area contributed by atoms with Gasteiger partial charge in [-0.1, -0.05) is 0 Å². The average molecular weight is 287 g/mol. The zero-order valence-electron chi connectivity index (χ0n) is 12.8. The monoisotopic (exact) mass is 287 g/mol. The van der Waals surface area contributed by atoms with Gasteiger partial charge in [-0.25, -0.2) is 0 Å². The largest absolute Gasteiger partial charge is 0.397 e. The number of anilines is 2. The molecule has 112 valence electrons. The Balaban J connectivity index is 2.07. The zero-order valence-corrected chi connectivity index (χ0v) is 12.8. The fourth-order valence-electron chi connectivity index (χ4n) is 2.10. The number of hydrogen-bond acceptors (Lipinski definition) is 4. The highest BCUT2D eigenvalue weighted by molar-refractivity contribution is 5.96. The van der Waals surface area contributed by atoms with Crippen molar-refractivity contribution in [3.8, 4) is 0 Å². The molecule has 0 aliphatic rings. The van der Waals surface area contributed by atoms with Crippen LogP contribution in [0.2, 0.25) is 0 Å². The lowest BCUT2D eigenvalue weighted by Crippen LogP contribution is -2.23. The second-order valence-corrected chi connectivity index (χ2v) is 5.23. The molecular formula is C15H21N5O. The van der Waals surface area contributed by atoms with Gasteiger partial charge in [-0.15, -0.1) is 0 Å². The molecule has 0 saturated carbocycles. The van der Waals surface area contributed by atoms with Crippen molar-refractivity contribution in [2.75, 3.05) is 24.7 Å². The van der Waals surface area contributed by atoms with E-state index in [2.05, 4.69) is 10.4 Å². The van der Waals surface area contributed by atoms with Crippen molar-refractivity contribution in [1.82, 2.24) is 15.1 Å². The molecule has 6 heteroatoms. The van der Waals surface area contributed by atoms with Crippen molar-refractivity contribution in [3.63, 3.8) is 0 Å². The van der Waals surface area contributed by atoms with Gasteiger partial charge in [-0.3, -0.25) is 9.48 Å². The molecule has 0 spiro atoms. The van der Waals surface area contributed by atoms with E-state index in [-0.39, 0.29) is 5.91 Å². The van der Waals surface area contributed by atoms with Crippen LogP contribution in [0.25, 0.3) is 0 Å². The topological polar surface area (TPSA) is 76.2 Å². The number of carbonyl (C=O) groups is 1. The van der Waals surface area contributed by atoms with Crippen LogP contribution < -0.4 is 16.0 Å². The molecule has 1 aromatic carbocycles. The smallest absolute Gasteiger partial charge is 0.251 e. The van der Waals surface area contributed by atoms with Crippen molar-refractivity contribution in [3.05, 3.63) is 41.2 Å². The first-order valence-corrected chi connectivity index (χ1v) is 6.72. The molecular weight excluding hydrogens is 266 g/mol. The predicted octanol–water partition coefficient (Wildman–Crippen LogP) is 1.31. The minimum Gasteiger partial charge on any atom is -0.397 e. The van der Waals surface area contributed by atoms with Gasteiger partial charge in [0.15, 0.2) is 0 Å². The molecule has 2 aromatic rings. The molecule has 0 bridgehead atoms. The first kappa shape index (κ1) is 14.9. The van der Waals surface area contributed by atoms with Crippen LogP contribution in [0.15, 0.2) is 24.4 Å². The Kier molecular flexibility index (Phi) is 4.16. The van der Waals surface area contributed by atoms with Crippen LogP contribution >= 0.6 is 0 Å². The van der Waals surface area contributed by atoms with E-state index in [1.54, 1.807) is 23.0 Å². The molecule has 0 aliphatic heterocycles. The van der Waals surface area contributed by atoms with Gasteiger partial charge < -0.3 is 16.0 Å². The summed E-state index contributed by atoms with van der Waals surface area (Å²) in [5.74, 6) is -0.143. The van der Waals surface area contributed by atoms with Gasteiger partial charge in [0.1, 0.15) is 0 Å². The van der Waals surface area contributed by atoms with Crippen LogP contribution in [0.1, 0.15) is 21.6 Å². The van der Waals surface area contributed by atoms with Crippen molar-refractivity contribution in [2.45, 2.75) is 13.5 Å². The van der Waals surface area contributed by atoms with Crippen LogP contribution in [0.3, 0.4) is 0 Å². The summed E-state index contributed by atoms with van der Waals surface area (Å²) in [6, 6.07) is 5.32. The van der Waals surface area contributed by atoms with Crippen molar-refractivity contribution in [1.29, 1.82) is 0 Å². The third-order valence-corrected chi connectivity index (χ3v) is 3.55. The van der Waals surface area contributed by atoms with E-state index in [9.17, 15) is 4.79 Å². The fraction of sp³-hybridized carbons (Fsp3) is 0.333. The van der Waals surface area contributed by atoms with Crippen molar-refractivity contribution in [2.24, 2.45) is 7.05 Å². The molecule has 6 nitrogen and oxygen atoms in total. The summed E-state index contributed by atoms with van der Waals surface area (Å²) in [6.45, 7) is 2.42. The minimum atomic E-state index is -0.143. The summed E-state index contributed by atoms with van der Waals surface area (Å²) in [7, 11) is 5.70. The Morgan fingerprint density at radius 3 is 2.67 bits per heavy atom. The number of aromatic nitrogens is 2. The molecule has 1 heterocycles. The summed E-state index contributed by atoms with van der Waals surface area (Å²) >= 11 is 0. The Labute approximate surface area is 124 Å². The second kappa shape index (κ2) is 5.87. The number of nitrogens with zero attached hydrogens (tertiary/aromatic N) is 3. The van der Waals surface area contributed by atoms with Crippen molar-refractivity contribution < 1.29 is 4.79 Å². The summed E-state index contributed by atoms with van der Waals surface area (Å²) in [5.41, 5.74) is 10.0. The molecule has 1 amide bonds. The maximum absolute atomic E-state index is 12.2. The zero-order chi connectivity index (χ0) is 15.6. The van der Waals surface area contributed by atoms with Gasteiger partial charge in [-0.05, 0) is 25.1 Å². The maximum atomic E-state index is 12.2. The average Bonchev–Trinajstić information content (AvgIpc) is 2.75. The first-order chi connectivity index (χ1) is 9.90. The summed E-state index contributed by atoms with van der Waals surface area (Å²) in [4.78, 5) is 14.1. The van der Waals surface area contributed by atoms with E-state index in [4.69, 9.17) is 5.73 Å². The molecule has 21 heavy (non-hydrogen) atoms. The van der Waals surface area contributed by atoms with Crippen LogP contribution in [0.4, 0.5) is 11.4 Å². The van der Waals surface area contributed by atoms with Gasteiger partial charge in [0.2, 0.25) is 0 Å². The standard InChI is InChI=1S/C15H21N5O/c1-10-12(9-18-20(10)4)8-17-15(21)11-5-6-14(19(2)3)13(16)7-11/h5-7,9H,8,16H2,1-4H3,(H,17,21). The highest BCUT2D eigenvalue weighted by atomic mass is 16.1. The Morgan fingerprint density at radius 1 is 1.43 bits per heavy atom. The lowest BCUT2D eigenvalue weighted by atomic mass is 10.1. The summed E-state index contributed by atoms with van der Waals surface area (Å²) in [5, 5.41) is 7.04. The van der Waals surface area contributed by atoms with Gasteiger partial charge in [0.05, 0.1) is 17.6 Å². The summed E-state index contributed by atoms with van der Waals surface area (Å²) in [6.07, 6.45) is 1.76. The number of hydrogen-bond donors (Lipinski definition) is 2. The number of nitrogen functional groups attached to an aromatic ring is 1. The molecule has 0 saturated heterocycles. The molecule has 0 atom stereocenters. The second-order valence-electron chi connectivity index (χ2n) is 5.23. The van der Waals surface area contributed by atoms with E-state index < -0.39 is 0 Å². The van der Waals surface area contributed by atoms with Crippen LogP contribution in [-0.2, 0) is 13.6 Å². The fourth-order valence-corrected chi connectivity index (χ4v) is 2.10. The normalized spacial score (nSPS) is 10.5. The summed E-state index contributed by atoms with van der Waals surface area (Å²) < 4.78 is 1.78. The molecule has 0 aliphatic carbocycles. The van der Waals surface area contributed by atoms with Crippen LogP contribution in [0.5, 0.6) is 0 Å². The van der Waals surface area contributed by atoms with Gasteiger partial charge in [-0.2, -0.15) is 5.10 Å². The number of aryl methyl sites for hydroxylation is 1. The number of carbonyl (C=O) groups excluding carboxylic acids is 1. The van der Waals surface area contributed by atoms with Gasteiger partial charge in [0, 0.05) is 44.5 Å².